The van der Waals surface area contributed by atoms with E-state index in [-0.39, 0.29) is 6.03 Å². The number of hydrogen-bond acceptors (Lipinski definition) is 5. The quantitative estimate of drug-likeness (QED) is 0.738. The van der Waals surface area contributed by atoms with Gasteiger partial charge < -0.3 is 19.8 Å². The lowest BCUT2D eigenvalue weighted by atomic mass is 9.73. The van der Waals surface area contributed by atoms with E-state index in [0.29, 0.717) is 22.7 Å². The zero-order chi connectivity index (χ0) is 20.3. The summed E-state index contributed by atoms with van der Waals surface area (Å²) in [6.07, 6.45) is 7.43. The van der Waals surface area contributed by atoms with Crippen LogP contribution in [0.2, 0.25) is 5.02 Å². The third-order valence-corrected chi connectivity index (χ3v) is 7.78. The second kappa shape index (κ2) is 6.84. The molecule has 0 unspecified atom stereocenters. The first-order valence-electron chi connectivity index (χ1n) is 11.1. The lowest BCUT2D eigenvalue weighted by Crippen LogP contribution is -2.57. The summed E-state index contributed by atoms with van der Waals surface area (Å²) >= 11 is 6.59. The molecule has 7 nitrogen and oxygen atoms in total. The second-order valence-electron chi connectivity index (χ2n) is 9.54. The van der Waals surface area contributed by atoms with E-state index in [4.69, 9.17) is 25.7 Å². The summed E-state index contributed by atoms with van der Waals surface area (Å²) in [6.45, 7) is 4.62. The number of halogens is 1. The molecule has 2 N–H and O–H groups in total. The minimum absolute atomic E-state index is 0.187. The van der Waals surface area contributed by atoms with Crippen LogP contribution in [0.25, 0.3) is 11.1 Å². The van der Waals surface area contributed by atoms with E-state index < -0.39 is 5.54 Å². The molecule has 2 aromatic rings. The molecule has 3 fully saturated rings. The number of carbonyl (C=O) groups excluding carboxylic acids is 1. The van der Waals surface area contributed by atoms with Crippen molar-refractivity contribution in [3.05, 3.63) is 22.5 Å². The Balaban J connectivity index is 1.34. The van der Waals surface area contributed by atoms with Gasteiger partial charge in [0.05, 0.1) is 22.8 Å². The SMILES string of the molecule is O=C1Nc2c(Cl)cc3nc(CN4CC5(CCOCC5)C4)oc3c2C2(CCCCC2)N1. The molecule has 160 valence electrons. The molecule has 4 heterocycles. The maximum Gasteiger partial charge on any atom is 0.319 e. The maximum atomic E-state index is 12.4. The molecule has 2 saturated heterocycles. The van der Waals surface area contributed by atoms with Crippen LogP contribution in [0, 0.1) is 5.41 Å². The average molecular weight is 431 g/mol. The summed E-state index contributed by atoms with van der Waals surface area (Å²) in [7, 11) is 0. The van der Waals surface area contributed by atoms with Crippen LogP contribution in [0.3, 0.4) is 0 Å². The van der Waals surface area contributed by atoms with Gasteiger partial charge in [-0.25, -0.2) is 9.78 Å². The largest absolute Gasteiger partial charge is 0.439 e. The van der Waals surface area contributed by atoms with Gasteiger partial charge in [0.2, 0.25) is 5.89 Å². The van der Waals surface area contributed by atoms with Gasteiger partial charge in [0.1, 0.15) is 5.52 Å². The molecule has 0 atom stereocenters. The number of amides is 2. The average Bonchev–Trinajstić information content (AvgIpc) is 3.10. The van der Waals surface area contributed by atoms with Gasteiger partial charge in [-0.05, 0) is 31.7 Å². The van der Waals surface area contributed by atoms with Crippen molar-refractivity contribution in [2.24, 2.45) is 5.41 Å². The highest BCUT2D eigenvalue weighted by molar-refractivity contribution is 6.35. The molecule has 0 bridgehead atoms. The lowest BCUT2D eigenvalue weighted by molar-refractivity contribution is -0.0860. The summed E-state index contributed by atoms with van der Waals surface area (Å²) < 4.78 is 11.9. The predicted molar refractivity (Wildman–Crippen MR) is 114 cm³/mol. The van der Waals surface area contributed by atoms with Crippen molar-refractivity contribution in [3.63, 3.8) is 0 Å². The maximum absolute atomic E-state index is 12.4. The summed E-state index contributed by atoms with van der Waals surface area (Å²) in [5.74, 6) is 0.722. The van der Waals surface area contributed by atoms with Crippen molar-refractivity contribution in [2.75, 3.05) is 31.6 Å². The third kappa shape index (κ3) is 2.93. The first-order chi connectivity index (χ1) is 14.6. The first kappa shape index (κ1) is 18.9. The van der Waals surface area contributed by atoms with Crippen LogP contribution in [-0.2, 0) is 16.8 Å². The van der Waals surface area contributed by atoms with Crippen molar-refractivity contribution in [2.45, 2.75) is 57.0 Å². The van der Waals surface area contributed by atoms with Gasteiger partial charge in [-0.1, -0.05) is 30.9 Å². The van der Waals surface area contributed by atoms with Crippen LogP contribution in [-0.4, -0.2) is 42.2 Å². The molecule has 0 radical (unpaired) electrons. The number of ether oxygens (including phenoxy) is 1. The zero-order valence-electron chi connectivity index (χ0n) is 17.1. The number of fused-ring (bicyclic) bond motifs is 4. The molecule has 1 aromatic carbocycles. The molecule has 4 aliphatic rings. The van der Waals surface area contributed by atoms with E-state index in [1.54, 1.807) is 0 Å². The Hall–Kier alpha value is -1.83. The molecule has 2 amide bonds. The standard InChI is InChI=1S/C22H27ClN4O3/c23-14-10-15-19(17-18(14)25-20(28)26-22(17)4-2-1-3-5-22)30-16(24-15)11-27-12-21(13-27)6-8-29-9-7-21/h10H,1-9,11-13H2,(H2,25,26,28). The first-order valence-corrected chi connectivity index (χ1v) is 11.5. The number of benzene rings is 1. The van der Waals surface area contributed by atoms with E-state index in [0.717, 1.165) is 87.4 Å². The lowest BCUT2D eigenvalue weighted by Gasteiger charge is -2.51. The van der Waals surface area contributed by atoms with Gasteiger partial charge in [0, 0.05) is 37.3 Å². The minimum Gasteiger partial charge on any atom is -0.439 e. The molecular formula is C22H27ClN4O3. The fourth-order valence-electron chi connectivity index (χ4n) is 6.01. The van der Waals surface area contributed by atoms with Crippen molar-refractivity contribution in [1.29, 1.82) is 0 Å². The number of aromatic nitrogens is 1. The number of hydrogen-bond donors (Lipinski definition) is 2. The fourth-order valence-corrected chi connectivity index (χ4v) is 6.25. The van der Waals surface area contributed by atoms with Crippen LogP contribution in [0.5, 0.6) is 0 Å². The van der Waals surface area contributed by atoms with Crippen LogP contribution in [0.15, 0.2) is 10.5 Å². The number of likely N-dealkylation sites (tertiary alicyclic amines) is 1. The van der Waals surface area contributed by atoms with Gasteiger partial charge in [-0.2, -0.15) is 0 Å². The fraction of sp³-hybridized carbons (Fsp3) is 0.636. The van der Waals surface area contributed by atoms with E-state index in [1.807, 2.05) is 6.07 Å². The Morgan fingerprint density at radius 2 is 1.90 bits per heavy atom. The number of carbonyl (C=O) groups is 1. The van der Waals surface area contributed by atoms with Gasteiger partial charge in [0.25, 0.3) is 0 Å². The topological polar surface area (TPSA) is 79.6 Å². The van der Waals surface area contributed by atoms with Crippen LogP contribution >= 0.6 is 11.6 Å². The molecule has 1 saturated carbocycles. The molecular weight excluding hydrogens is 404 g/mol. The predicted octanol–water partition coefficient (Wildman–Crippen LogP) is 4.39. The molecule has 8 heteroatoms. The normalized spacial score (nSPS) is 25.0. The van der Waals surface area contributed by atoms with Crippen molar-refractivity contribution < 1.29 is 13.9 Å². The van der Waals surface area contributed by atoms with Crippen LogP contribution in [0.4, 0.5) is 10.5 Å². The molecule has 30 heavy (non-hydrogen) atoms. The highest BCUT2D eigenvalue weighted by Crippen LogP contribution is 2.48. The molecule has 3 aliphatic heterocycles. The van der Waals surface area contributed by atoms with Gasteiger partial charge >= 0.3 is 6.03 Å². The zero-order valence-corrected chi connectivity index (χ0v) is 17.8. The summed E-state index contributed by atoms with van der Waals surface area (Å²) in [5, 5.41) is 6.64. The van der Waals surface area contributed by atoms with E-state index in [9.17, 15) is 4.79 Å². The Morgan fingerprint density at radius 3 is 2.67 bits per heavy atom. The highest BCUT2D eigenvalue weighted by Gasteiger charge is 2.45. The van der Waals surface area contributed by atoms with Crippen molar-refractivity contribution in [3.8, 4) is 0 Å². The van der Waals surface area contributed by atoms with Gasteiger partial charge in [-0.3, -0.25) is 4.90 Å². The van der Waals surface area contributed by atoms with Gasteiger partial charge in [0.15, 0.2) is 5.58 Å². The number of oxazole rings is 1. The van der Waals surface area contributed by atoms with Crippen molar-refractivity contribution in [1.82, 2.24) is 15.2 Å². The van der Waals surface area contributed by atoms with E-state index in [2.05, 4.69) is 15.5 Å². The molecule has 2 spiro atoms. The highest BCUT2D eigenvalue weighted by atomic mass is 35.5. The van der Waals surface area contributed by atoms with Crippen LogP contribution in [0.1, 0.15) is 56.4 Å². The van der Waals surface area contributed by atoms with Crippen LogP contribution < -0.4 is 10.6 Å². The number of nitrogens with one attached hydrogen (secondary N) is 2. The monoisotopic (exact) mass is 430 g/mol. The Bertz CT molecular complexity index is 999. The number of anilines is 1. The Kier molecular flexibility index (Phi) is 4.31. The van der Waals surface area contributed by atoms with Gasteiger partial charge in [-0.15, -0.1) is 0 Å². The molecule has 1 aromatic heterocycles. The molecule has 6 rings (SSSR count). The number of nitrogens with zero attached hydrogens (tertiary/aromatic N) is 2. The van der Waals surface area contributed by atoms with E-state index in [1.165, 1.54) is 6.42 Å². The Labute approximate surface area is 180 Å². The van der Waals surface area contributed by atoms with Crippen molar-refractivity contribution >= 4 is 34.4 Å². The smallest absolute Gasteiger partial charge is 0.319 e. The number of urea groups is 1. The summed E-state index contributed by atoms with van der Waals surface area (Å²) in [5.41, 5.74) is 3.21. The molecule has 1 aliphatic carbocycles. The number of rotatable bonds is 2. The van der Waals surface area contributed by atoms with E-state index >= 15 is 0 Å². The second-order valence-corrected chi connectivity index (χ2v) is 9.95. The Morgan fingerprint density at radius 1 is 1.13 bits per heavy atom. The summed E-state index contributed by atoms with van der Waals surface area (Å²) in [6, 6.07) is 1.63. The third-order valence-electron chi connectivity index (χ3n) is 7.48. The summed E-state index contributed by atoms with van der Waals surface area (Å²) in [4.78, 5) is 19.6. The minimum atomic E-state index is -0.418.